The second kappa shape index (κ2) is 9.63. The Balaban J connectivity index is 1.40. The van der Waals surface area contributed by atoms with Crippen molar-refractivity contribution in [1.82, 2.24) is 10.2 Å². The molecule has 1 saturated heterocycles. The molecular weight excluding hydrogens is 459 g/mol. The van der Waals surface area contributed by atoms with Gasteiger partial charge in [-0.1, -0.05) is 29.3 Å². The fraction of sp³-hybridized carbons (Fsp3) is 0.333. The summed E-state index contributed by atoms with van der Waals surface area (Å²) < 4.78 is 5.47. The van der Waals surface area contributed by atoms with Gasteiger partial charge in [0.2, 0.25) is 0 Å². The average Bonchev–Trinajstić information content (AvgIpc) is 2.85. The van der Waals surface area contributed by atoms with E-state index < -0.39 is 0 Å². The SMILES string of the molecule is C[C@H](c1cc(Cl)ccc1Cl)N1CCNc2nnc(Nc3cccc(N4CCOCC4)c3)cc21. The number of nitrogens with one attached hydrogen (secondary N) is 2. The smallest absolute Gasteiger partial charge is 0.172 e. The number of rotatable bonds is 5. The zero-order valence-corrected chi connectivity index (χ0v) is 19.9. The summed E-state index contributed by atoms with van der Waals surface area (Å²) in [4.78, 5) is 4.61. The molecule has 33 heavy (non-hydrogen) atoms. The zero-order chi connectivity index (χ0) is 22.8. The highest BCUT2D eigenvalue weighted by atomic mass is 35.5. The molecule has 0 saturated carbocycles. The molecule has 1 fully saturated rings. The van der Waals surface area contributed by atoms with Gasteiger partial charge in [0, 0.05) is 53.7 Å². The normalized spacial score (nSPS) is 16.7. The number of ether oxygens (including phenoxy) is 1. The van der Waals surface area contributed by atoms with Crippen LogP contribution in [0.4, 0.5) is 28.7 Å². The van der Waals surface area contributed by atoms with Crippen molar-refractivity contribution in [1.29, 1.82) is 0 Å². The summed E-state index contributed by atoms with van der Waals surface area (Å²) in [5.74, 6) is 1.45. The van der Waals surface area contributed by atoms with Crippen LogP contribution in [0.5, 0.6) is 0 Å². The molecule has 0 radical (unpaired) electrons. The number of halogens is 2. The molecule has 172 valence electrons. The number of hydrogen-bond donors (Lipinski definition) is 2. The van der Waals surface area contributed by atoms with Gasteiger partial charge in [-0.05, 0) is 48.9 Å². The molecule has 0 unspecified atom stereocenters. The van der Waals surface area contributed by atoms with Crippen molar-refractivity contribution < 1.29 is 4.74 Å². The molecule has 0 aliphatic carbocycles. The van der Waals surface area contributed by atoms with E-state index in [1.165, 1.54) is 5.69 Å². The molecule has 7 nitrogen and oxygen atoms in total. The topological polar surface area (TPSA) is 65.5 Å². The van der Waals surface area contributed by atoms with Crippen LogP contribution in [-0.4, -0.2) is 49.6 Å². The van der Waals surface area contributed by atoms with Crippen molar-refractivity contribution in [2.24, 2.45) is 0 Å². The van der Waals surface area contributed by atoms with E-state index in [2.05, 4.69) is 55.8 Å². The molecule has 1 atom stereocenters. The molecule has 2 aliphatic rings. The van der Waals surface area contributed by atoms with Crippen LogP contribution in [0.15, 0.2) is 48.5 Å². The summed E-state index contributed by atoms with van der Waals surface area (Å²) in [6.45, 7) is 7.02. The van der Waals surface area contributed by atoms with Gasteiger partial charge in [0.05, 0.1) is 24.9 Å². The Morgan fingerprint density at radius 3 is 2.73 bits per heavy atom. The number of morpholine rings is 1. The predicted octanol–water partition coefficient (Wildman–Crippen LogP) is 5.36. The minimum absolute atomic E-state index is 0.0266. The summed E-state index contributed by atoms with van der Waals surface area (Å²) in [5.41, 5.74) is 4.10. The Morgan fingerprint density at radius 1 is 1.03 bits per heavy atom. The monoisotopic (exact) mass is 484 g/mol. The van der Waals surface area contributed by atoms with Gasteiger partial charge in [-0.3, -0.25) is 0 Å². The highest BCUT2D eigenvalue weighted by Gasteiger charge is 2.26. The fourth-order valence-electron chi connectivity index (χ4n) is 4.36. The second-order valence-electron chi connectivity index (χ2n) is 8.20. The van der Waals surface area contributed by atoms with Gasteiger partial charge in [0.1, 0.15) is 0 Å². The Hall–Kier alpha value is -2.74. The molecule has 0 amide bonds. The van der Waals surface area contributed by atoms with E-state index >= 15 is 0 Å². The largest absolute Gasteiger partial charge is 0.378 e. The van der Waals surface area contributed by atoms with Crippen LogP contribution in [0.1, 0.15) is 18.5 Å². The Kier molecular flexibility index (Phi) is 6.44. The van der Waals surface area contributed by atoms with E-state index in [0.717, 1.165) is 62.1 Å². The maximum absolute atomic E-state index is 6.50. The lowest BCUT2D eigenvalue weighted by molar-refractivity contribution is 0.122. The van der Waals surface area contributed by atoms with E-state index in [1.54, 1.807) is 0 Å². The molecular formula is C24H26Cl2N6O. The number of nitrogens with zero attached hydrogens (tertiary/aromatic N) is 4. The van der Waals surface area contributed by atoms with E-state index in [9.17, 15) is 0 Å². The lowest BCUT2D eigenvalue weighted by Crippen LogP contribution is -2.36. The maximum atomic E-state index is 6.50. The van der Waals surface area contributed by atoms with Crippen molar-refractivity contribution in [3.05, 3.63) is 64.1 Å². The third-order valence-electron chi connectivity index (χ3n) is 6.10. The van der Waals surface area contributed by atoms with Crippen molar-refractivity contribution in [2.75, 3.05) is 59.8 Å². The number of hydrogen-bond acceptors (Lipinski definition) is 7. The van der Waals surface area contributed by atoms with E-state index in [-0.39, 0.29) is 6.04 Å². The van der Waals surface area contributed by atoms with E-state index in [4.69, 9.17) is 27.9 Å². The first-order chi connectivity index (χ1) is 16.1. The zero-order valence-electron chi connectivity index (χ0n) is 18.4. The molecule has 2 aliphatic heterocycles. The first-order valence-corrected chi connectivity index (χ1v) is 11.9. The number of aromatic nitrogens is 2. The molecule has 0 bridgehead atoms. The van der Waals surface area contributed by atoms with Crippen LogP contribution in [0.3, 0.4) is 0 Å². The van der Waals surface area contributed by atoms with Crippen LogP contribution >= 0.6 is 23.2 Å². The first kappa shape index (κ1) is 22.1. The van der Waals surface area contributed by atoms with Crippen LogP contribution in [0.2, 0.25) is 10.0 Å². The number of fused-ring (bicyclic) bond motifs is 1. The average molecular weight is 485 g/mol. The van der Waals surface area contributed by atoms with Gasteiger partial charge in [-0.25, -0.2) is 0 Å². The number of benzene rings is 2. The molecule has 2 aromatic carbocycles. The predicted molar refractivity (Wildman–Crippen MR) is 136 cm³/mol. The lowest BCUT2D eigenvalue weighted by atomic mass is 10.1. The fourth-order valence-corrected chi connectivity index (χ4v) is 4.81. The van der Waals surface area contributed by atoms with Crippen LogP contribution < -0.4 is 20.4 Å². The minimum atomic E-state index is 0.0266. The third kappa shape index (κ3) is 4.81. The Bertz CT molecular complexity index is 1140. The number of anilines is 5. The van der Waals surface area contributed by atoms with Crippen LogP contribution in [0.25, 0.3) is 0 Å². The molecule has 2 N–H and O–H groups in total. The van der Waals surface area contributed by atoms with Crippen molar-refractivity contribution >= 4 is 51.9 Å². The molecule has 0 spiro atoms. The van der Waals surface area contributed by atoms with Crippen molar-refractivity contribution in [3.8, 4) is 0 Å². The van der Waals surface area contributed by atoms with Gasteiger partial charge in [0.25, 0.3) is 0 Å². The lowest BCUT2D eigenvalue weighted by Gasteiger charge is -2.36. The summed E-state index contributed by atoms with van der Waals surface area (Å²) in [5, 5.41) is 17.0. The standard InChI is InChI=1S/C24H26Cl2N6O/c1-16(20-13-17(25)5-6-21(20)26)32-8-7-27-24-22(32)15-23(29-30-24)28-18-3-2-4-19(14-18)31-9-11-33-12-10-31/h2-6,13-16H,7-12H2,1H3,(H,27,30)(H,28,29)/t16-/m1/s1. The molecule has 5 rings (SSSR count). The minimum Gasteiger partial charge on any atom is -0.378 e. The third-order valence-corrected chi connectivity index (χ3v) is 6.68. The Morgan fingerprint density at radius 2 is 1.88 bits per heavy atom. The van der Waals surface area contributed by atoms with Gasteiger partial charge >= 0.3 is 0 Å². The van der Waals surface area contributed by atoms with Gasteiger partial charge in [0.15, 0.2) is 11.6 Å². The molecule has 3 heterocycles. The summed E-state index contributed by atoms with van der Waals surface area (Å²) >= 11 is 12.8. The summed E-state index contributed by atoms with van der Waals surface area (Å²) in [6.07, 6.45) is 0. The van der Waals surface area contributed by atoms with Gasteiger partial charge in [-0.2, -0.15) is 0 Å². The van der Waals surface area contributed by atoms with Crippen molar-refractivity contribution in [2.45, 2.75) is 13.0 Å². The molecule has 3 aromatic rings. The van der Waals surface area contributed by atoms with Crippen LogP contribution in [-0.2, 0) is 4.74 Å². The maximum Gasteiger partial charge on any atom is 0.172 e. The highest BCUT2D eigenvalue weighted by Crippen LogP contribution is 2.38. The molecule has 1 aromatic heterocycles. The second-order valence-corrected chi connectivity index (χ2v) is 9.04. The van der Waals surface area contributed by atoms with Crippen LogP contribution in [0, 0.1) is 0 Å². The Labute approximate surface area is 203 Å². The first-order valence-electron chi connectivity index (χ1n) is 11.1. The highest BCUT2D eigenvalue weighted by molar-refractivity contribution is 6.33. The van der Waals surface area contributed by atoms with E-state index in [0.29, 0.717) is 15.9 Å². The van der Waals surface area contributed by atoms with Gasteiger partial charge in [-0.15, -0.1) is 10.2 Å². The quantitative estimate of drug-likeness (QED) is 0.505. The molecule has 9 heteroatoms. The summed E-state index contributed by atoms with van der Waals surface area (Å²) in [7, 11) is 0. The van der Waals surface area contributed by atoms with E-state index in [1.807, 2.05) is 30.3 Å². The summed E-state index contributed by atoms with van der Waals surface area (Å²) in [6, 6.07) is 16.0. The van der Waals surface area contributed by atoms with Crippen molar-refractivity contribution in [3.63, 3.8) is 0 Å². The van der Waals surface area contributed by atoms with Gasteiger partial charge < -0.3 is 25.2 Å².